The predicted molar refractivity (Wildman–Crippen MR) is 152 cm³/mol. The van der Waals surface area contributed by atoms with Crippen LogP contribution < -0.4 is 10.6 Å². The normalized spacial score (nSPS) is 15.5. The highest BCUT2D eigenvalue weighted by Crippen LogP contribution is 2.39. The Labute approximate surface area is 240 Å². The number of aryl methyl sites for hydroxylation is 1. The number of carbonyl (C=O) groups excluding carboxylic acids is 3. The number of benzene rings is 2. The smallest absolute Gasteiger partial charge is 0.322 e. The Balaban J connectivity index is 1.54. The minimum atomic E-state index is -1.19. The third-order valence-corrected chi connectivity index (χ3v) is 7.67. The number of fused-ring (bicyclic) bond motifs is 2. The maximum atomic E-state index is 15.6. The molecular formula is C29H32FN7O5. The van der Waals surface area contributed by atoms with Gasteiger partial charge in [0, 0.05) is 49.3 Å². The van der Waals surface area contributed by atoms with Gasteiger partial charge in [0.25, 0.3) is 0 Å². The summed E-state index contributed by atoms with van der Waals surface area (Å²) in [5, 5.41) is 23.9. The van der Waals surface area contributed by atoms with Crippen LogP contribution in [0.15, 0.2) is 36.5 Å². The number of carboxylic acid groups (broad SMARTS) is 1. The molecule has 0 saturated carbocycles. The minimum absolute atomic E-state index is 0.0161. The van der Waals surface area contributed by atoms with Crippen LogP contribution in [0.3, 0.4) is 0 Å². The molecule has 0 unspecified atom stereocenters. The number of amides is 3. The molecule has 13 heteroatoms. The predicted octanol–water partition coefficient (Wildman–Crippen LogP) is 2.16. The monoisotopic (exact) mass is 577 g/mol. The van der Waals surface area contributed by atoms with E-state index in [0.717, 1.165) is 29.4 Å². The highest BCUT2D eigenvalue weighted by atomic mass is 19.1. The molecule has 1 aliphatic rings. The van der Waals surface area contributed by atoms with Crippen molar-refractivity contribution in [3.63, 3.8) is 0 Å². The maximum Gasteiger partial charge on any atom is 0.322 e. The first-order valence-electron chi connectivity index (χ1n) is 13.7. The fourth-order valence-corrected chi connectivity index (χ4v) is 5.56. The quantitative estimate of drug-likeness (QED) is 0.290. The number of carbonyl (C=O) groups is 4. The lowest BCUT2D eigenvalue weighted by Crippen LogP contribution is -2.40. The Hall–Kier alpha value is -4.81. The zero-order valence-corrected chi connectivity index (χ0v) is 23.4. The fraction of sp³-hybridized carbons (Fsp3) is 0.379. The SMILES string of the molecule is CC(=O)N1CCC[C@@H](c2nn(CC(=O)NCC(=O)NCC(=O)O)c3cccc(-c4cc5c(cnn5C)cc4F)c23)CC1. The van der Waals surface area contributed by atoms with E-state index in [2.05, 4.69) is 15.7 Å². The topological polar surface area (TPSA) is 151 Å². The summed E-state index contributed by atoms with van der Waals surface area (Å²) in [6.45, 7) is 1.63. The van der Waals surface area contributed by atoms with Crippen LogP contribution in [0.1, 0.15) is 37.8 Å². The summed E-state index contributed by atoms with van der Waals surface area (Å²) in [4.78, 5) is 49.3. The second-order valence-corrected chi connectivity index (χ2v) is 10.5. The Kier molecular flexibility index (Phi) is 8.18. The number of nitrogens with one attached hydrogen (secondary N) is 2. The maximum absolute atomic E-state index is 15.6. The molecular weight excluding hydrogens is 545 g/mol. The molecule has 42 heavy (non-hydrogen) atoms. The van der Waals surface area contributed by atoms with Gasteiger partial charge in [-0.3, -0.25) is 28.5 Å². The van der Waals surface area contributed by atoms with Gasteiger partial charge in [0.15, 0.2) is 0 Å². The van der Waals surface area contributed by atoms with Gasteiger partial charge in [-0.2, -0.15) is 10.2 Å². The summed E-state index contributed by atoms with van der Waals surface area (Å²) < 4.78 is 18.8. The Bertz CT molecular complexity index is 1690. The summed E-state index contributed by atoms with van der Waals surface area (Å²) in [6.07, 6.45) is 3.82. The average molecular weight is 578 g/mol. The molecule has 3 amide bonds. The zero-order valence-electron chi connectivity index (χ0n) is 23.4. The van der Waals surface area contributed by atoms with Gasteiger partial charge in [0.05, 0.1) is 29.5 Å². The molecule has 1 saturated heterocycles. The first-order valence-corrected chi connectivity index (χ1v) is 13.7. The Morgan fingerprint density at radius 1 is 1.02 bits per heavy atom. The van der Waals surface area contributed by atoms with Gasteiger partial charge in [-0.15, -0.1) is 0 Å². The highest BCUT2D eigenvalue weighted by molar-refractivity contribution is 6.00. The summed E-state index contributed by atoms with van der Waals surface area (Å²) in [5.74, 6) is -2.74. The zero-order chi connectivity index (χ0) is 30.0. The summed E-state index contributed by atoms with van der Waals surface area (Å²) in [6, 6.07) is 8.67. The lowest BCUT2D eigenvalue weighted by molar-refractivity contribution is -0.137. The van der Waals surface area contributed by atoms with Crippen molar-refractivity contribution in [2.45, 2.75) is 38.6 Å². The lowest BCUT2D eigenvalue weighted by atomic mass is 9.90. The summed E-state index contributed by atoms with van der Waals surface area (Å²) in [5.41, 5.74) is 3.14. The molecule has 2 aromatic carbocycles. The summed E-state index contributed by atoms with van der Waals surface area (Å²) >= 11 is 0. The van der Waals surface area contributed by atoms with Crippen molar-refractivity contribution in [3.05, 3.63) is 48.0 Å². The van der Waals surface area contributed by atoms with E-state index in [4.69, 9.17) is 10.2 Å². The van der Waals surface area contributed by atoms with Crippen molar-refractivity contribution in [2.24, 2.45) is 7.05 Å². The molecule has 1 aliphatic heterocycles. The van der Waals surface area contributed by atoms with Crippen molar-refractivity contribution in [1.29, 1.82) is 0 Å². The van der Waals surface area contributed by atoms with Crippen molar-refractivity contribution in [3.8, 4) is 11.1 Å². The molecule has 220 valence electrons. The van der Waals surface area contributed by atoms with Crippen LogP contribution >= 0.6 is 0 Å². The van der Waals surface area contributed by atoms with Crippen LogP contribution in [0, 0.1) is 5.82 Å². The Morgan fingerprint density at radius 3 is 2.57 bits per heavy atom. The second kappa shape index (κ2) is 12.0. The van der Waals surface area contributed by atoms with Gasteiger partial charge < -0.3 is 20.6 Å². The van der Waals surface area contributed by atoms with Crippen LogP contribution in [0.25, 0.3) is 32.9 Å². The van der Waals surface area contributed by atoms with Gasteiger partial charge in [-0.05, 0) is 43.0 Å². The first-order chi connectivity index (χ1) is 20.1. The average Bonchev–Trinajstić information content (AvgIpc) is 3.38. The number of nitrogens with zero attached hydrogens (tertiary/aromatic N) is 5. The number of halogens is 1. The van der Waals surface area contributed by atoms with Gasteiger partial charge in [-0.1, -0.05) is 12.1 Å². The molecule has 12 nitrogen and oxygen atoms in total. The third kappa shape index (κ3) is 5.94. The number of rotatable bonds is 8. The molecule has 1 atom stereocenters. The molecule has 0 aliphatic carbocycles. The molecule has 0 radical (unpaired) electrons. The Morgan fingerprint density at radius 2 is 1.81 bits per heavy atom. The van der Waals surface area contributed by atoms with Crippen LogP contribution in [-0.2, 0) is 32.8 Å². The third-order valence-electron chi connectivity index (χ3n) is 7.67. The van der Waals surface area contributed by atoms with Gasteiger partial charge in [0.2, 0.25) is 17.7 Å². The molecule has 2 aromatic heterocycles. The van der Waals surface area contributed by atoms with Crippen molar-refractivity contribution >= 4 is 45.5 Å². The van der Waals surface area contributed by atoms with Gasteiger partial charge >= 0.3 is 5.97 Å². The molecule has 0 spiro atoms. The summed E-state index contributed by atoms with van der Waals surface area (Å²) in [7, 11) is 1.79. The first kappa shape index (κ1) is 28.7. The number of hydrogen-bond acceptors (Lipinski definition) is 6. The van der Waals surface area contributed by atoms with E-state index in [9.17, 15) is 19.2 Å². The van der Waals surface area contributed by atoms with E-state index < -0.39 is 30.1 Å². The van der Waals surface area contributed by atoms with Crippen LogP contribution in [0.4, 0.5) is 4.39 Å². The van der Waals surface area contributed by atoms with Gasteiger partial charge in [0.1, 0.15) is 18.9 Å². The van der Waals surface area contributed by atoms with E-state index in [-0.39, 0.29) is 24.9 Å². The molecule has 3 heterocycles. The number of aromatic nitrogens is 4. The minimum Gasteiger partial charge on any atom is -0.480 e. The van der Waals surface area contributed by atoms with E-state index in [1.807, 2.05) is 17.0 Å². The van der Waals surface area contributed by atoms with Crippen LogP contribution in [-0.4, -0.2) is 79.4 Å². The molecule has 0 bridgehead atoms. The highest BCUT2D eigenvalue weighted by Gasteiger charge is 2.27. The van der Waals surface area contributed by atoms with Crippen molar-refractivity contribution in [2.75, 3.05) is 26.2 Å². The number of carboxylic acids is 1. The standard InChI is InChI=1S/C29H32FN7O5/c1-17(38)36-9-4-5-18(8-10-36)29-28-20(21-12-24-19(11-22(21)30)13-33-35(24)2)6-3-7-23(28)37(34-29)16-26(40)31-14-25(39)32-15-27(41)42/h3,6-7,11-13,18H,4-5,8-10,14-16H2,1-2H3,(H,31,40)(H,32,39)(H,41,42)/t18-/m1/s1. The van der Waals surface area contributed by atoms with E-state index in [0.29, 0.717) is 41.5 Å². The molecule has 4 aromatic rings. The second-order valence-electron chi connectivity index (χ2n) is 10.5. The number of likely N-dealkylation sites (tertiary alicyclic amines) is 1. The fourth-order valence-electron chi connectivity index (χ4n) is 5.56. The van der Waals surface area contributed by atoms with Crippen LogP contribution in [0.2, 0.25) is 0 Å². The lowest BCUT2D eigenvalue weighted by Gasteiger charge is -2.18. The van der Waals surface area contributed by atoms with E-state index in [1.54, 1.807) is 41.7 Å². The molecule has 1 fully saturated rings. The number of hydrogen-bond donors (Lipinski definition) is 3. The van der Waals surface area contributed by atoms with Crippen molar-refractivity contribution < 1.29 is 28.7 Å². The van der Waals surface area contributed by atoms with E-state index in [1.165, 1.54) is 6.07 Å². The van der Waals surface area contributed by atoms with Gasteiger partial charge in [-0.25, -0.2) is 4.39 Å². The number of aliphatic carboxylic acids is 1. The molecule has 5 rings (SSSR count). The van der Waals surface area contributed by atoms with E-state index >= 15 is 4.39 Å². The molecule has 3 N–H and O–H groups in total. The largest absolute Gasteiger partial charge is 0.480 e. The van der Waals surface area contributed by atoms with Crippen LogP contribution in [0.5, 0.6) is 0 Å². The van der Waals surface area contributed by atoms with Crippen molar-refractivity contribution in [1.82, 2.24) is 35.1 Å².